The summed E-state index contributed by atoms with van der Waals surface area (Å²) >= 11 is 10.2. The van der Waals surface area contributed by atoms with Crippen molar-refractivity contribution in [1.29, 1.82) is 0 Å². The number of fused-ring (bicyclic) bond motifs is 1. The fourth-order valence-electron chi connectivity index (χ4n) is 4.11. The van der Waals surface area contributed by atoms with Crippen LogP contribution in [0.2, 0.25) is 5.02 Å². The summed E-state index contributed by atoms with van der Waals surface area (Å²) in [6.07, 6.45) is -0.549. The van der Waals surface area contributed by atoms with Gasteiger partial charge in [0.1, 0.15) is 30.0 Å². The highest BCUT2D eigenvalue weighted by molar-refractivity contribution is 9.10. The first-order valence-corrected chi connectivity index (χ1v) is 13.3. The lowest BCUT2D eigenvalue weighted by Gasteiger charge is -2.25. The van der Waals surface area contributed by atoms with Gasteiger partial charge in [-0.25, -0.2) is 0 Å². The second-order valence-electron chi connectivity index (χ2n) is 8.34. The van der Waals surface area contributed by atoms with Crippen molar-refractivity contribution in [2.45, 2.75) is 26.5 Å². The van der Waals surface area contributed by atoms with Gasteiger partial charge in [-0.2, -0.15) is 0 Å². The van der Waals surface area contributed by atoms with Crippen LogP contribution in [0.1, 0.15) is 36.6 Å². The van der Waals surface area contributed by atoms with Crippen LogP contribution in [0.4, 0.5) is 5.69 Å². The Bertz CT molecular complexity index is 1320. The summed E-state index contributed by atoms with van der Waals surface area (Å²) in [7, 11) is 4.76. The number of rotatable bonds is 7. The minimum Gasteiger partial charge on any atom is -0.497 e. The van der Waals surface area contributed by atoms with Crippen LogP contribution < -0.4 is 19.1 Å². The molecule has 0 aromatic heterocycles. The molecule has 39 heavy (non-hydrogen) atoms. The average molecular weight is 621 g/mol. The van der Waals surface area contributed by atoms with Crippen molar-refractivity contribution in [2.24, 2.45) is 0 Å². The summed E-state index contributed by atoms with van der Waals surface area (Å²) in [6, 6.07) is 16.8. The number of hydrogen-bond acceptors (Lipinski definition) is 7. The Labute approximate surface area is 241 Å². The van der Waals surface area contributed by atoms with Gasteiger partial charge < -0.3 is 28.6 Å². The van der Waals surface area contributed by atoms with Crippen LogP contribution in [0.25, 0.3) is 0 Å². The highest BCUT2D eigenvalue weighted by Crippen LogP contribution is 2.43. The summed E-state index contributed by atoms with van der Waals surface area (Å²) in [5.41, 5.74) is 3.13. The summed E-state index contributed by atoms with van der Waals surface area (Å²) in [4.78, 5) is 24.8. The zero-order chi connectivity index (χ0) is 28.5. The average Bonchev–Trinajstić information content (AvgIpc) is 3.05. The Morgan fingerprint density at radius 1 is 1.03 bits per heavy atom. The normalized spacial score (nSPS) is 14.4. The molecule has 1 heterocycles. The molecule has 0 unspecified atom stereocenters. The number of carbonyl (C=O) groups is 2. The van der Waals surface area contributed by atoms with Crippen LogP contribution in [0.3, 0.4) is 0 Å². The quantitative estimate of drug-likeness (QED) is 0.285. The molecule has 0 aliphatic carbocycles. The van der Waals surface area contributed by atoms with Crippen molar-refractivity contribution in [3.63, 3.8) is 0 Å². The van der Waals surface area contributed by atoms with Gasteiger partial charge in [-0.15, -0.1) is 0 Å². The molecule has 0 fully saturated rings. The van der Waals surface area contributed by atoms with E-state index in [1.165, 1.54) is 6.92 Å². The first-order chi connectivity index (χ1) is 18.7. The minimum absolute atomic E-state index is 0.108. The van der Waals surface area contributed by atoms with Crippen LogP contribution in [-0.4, -0.2) is 46.4 Å². The van der Waals surface area contributed by atoms with Crippen molar-refractivity contribution in [3.05, 3.63) is 80.8 Å². The first kappa shape index (κ1) is 30.3. The molecule has 4 rings (SSSR count). The van der Waals surface area contributed by atoms with Crippen LogP contribution in [0.15, 0.2) is 59.1 Å². The predicted octanol–water partition coefficient (Wildman–Crippen LogP) is 6.35. The maximum atomic E-state index is 13.2. The molecule has 0 N–H and O–H groups in total. The number of carbonyl (C=O) groups excluding carboxylic acids is 2. The van der Waals surface area contributed by atoms with Crippen LogP contribution in [0, 0.1) is 0 Å². The molecule has 8 nitrogen and oxygen atoms in total. The Morgan fingerprint density at radius 3 is 2.38 bits per heavy atom. The van der Waals surface area contributed by atoms with E-state index < -0.39 is 6.10 Å². The molecule has 3 aromatic rings. The van der Waals surface area contributed by atoms with E-state index in [4.69, 9.17) is 30.5 Å². The summed E-state index contributed by atoms with van der Waals surface area (Å²) in [5.74, 6) is 1.48. The zero-order valence-corrected chi connectivity index (χ0v) is 24.8. The molecule has 0 saturated heterocycles. The highest BCUT2D eigenvalue weighted by atomic mass is 79.9. The van der Waals surface area contributed by atoms with Gasteiger partial charge in [-0.1, -0.05) is 39.7 Å². The van der Waals surface area contributed by atoms with Crippen LogP contribution >= 0.6 is 27.5 Å². The van der Waals surface area contributed by atoms with Crippen LogP contribution in [0.5, 0.6) is 17.2 Å². The maximum Gasteiger partial charge on any atom is 0.302 e. The molecule has 1 aliphatic heterocycles. The third-order valence-corrected chi connectivity index (χ3v) is 6.80. The van der Waals surface area contributed by atoms with E-state index in [2.05, 4.69) is 20.7 Å². The summed E-state index contributed by atoms with van der Waals surface area (Å²) in [6.45, 7) is 3.85. The standard InChI is InChI=1S/C25H23BrClNO5.C4H8O2/c1-30-17-9-7-15(22(12-17)32-3)13-28-20-10-8-16(26)11-19(20)25(33-14-23(28)29)18-5-4-6-21(31-2)24(18)27;1-3-6-4(2)5/h4-12,25H,13-14H2,1-3H3;3H2,1-2H3/t25-;/m1./s1. The van der Waals surface area contributed by atoms with Gasteiger partial charge in [0.2, 0.25) is 0 Å². The molecule has 10 heteroatoms. The van der Waals surface area contributed by atoms with Gasteiger partial charge in [0.25, 0.3) is 5.91 Å². The summed E-state index contributed by atoms with van der Waals surface area (Å²) in [5, 5.41) is 0.452. The van der Waals surface area contributed by atoms with E-state index in [0.29, 0.717) is 35.4 Å². The number of hydrogen-bond donors (Lipinski definition) is 0. The molecule has 0 spiro atoms. The molecule has 1 aliphatic rings. The first-order valence-electron chi connectivity index (χ1n) is 12.1. The minimum atomic E-state index is -0.549. The van der Waals surface area contributed by atoms with Gasteiger partial charge in [-0.05, 0) is 43.3 Å². The molecule has 1 amide bonds. The molecular formula is C29H31BrClNO7. The van der Waals surface area contributed by atoms with Gasteiger partial charge >= 0.3 is 5.97 Å². The van der Waals surface area contributed by atoms with E-state index >= 15 is 0 Å². The number of nitrogens with zero attached hydrogens (tertiary/aromatic N) is 1. The Hall–Kier alpha value is -3.27. The van der Waals surface area contributed by atoms with Crippen molar-refractivity contribution in [3.8, 4) is 17.2 Å². The smallest absolute Gasteiger partial charge is 0.302 e. The second kappa shape index (κ2) is 14.2. The monoisotopic (exact) mass is 619 g/mol. The maximum absolute atomic E-state index is 13.2. The molecule has 208 valence electrons. The Balaban J connectivity index is 0.000000631. The van der Waals surface area contributed by atoms with Gasteiger partial charge in [0.05, 0.1) is 45.2 Å². The third kappa shape index (κ3) is 7.44. The Kier molecular flexibility index (Phi) is 11.0. The zero-order valence-electron chi connectivity index (χ0n) is 22.5. The van der Waals surface area contributed by atoms with E-state index in [9.17, 15) is 9.59 Å². The van der Waals surface area contributed by atoms with Crippen molar-refractivity contribution in [1.82, 2.24) is 0 Å². The van der Waals surface area contributed by atoms with Gasteiger partial charge in [0, 0.05) is 34.2 Å². The van der Waals surface area contributed by atoms with E-state index in [-0.39, 0.29) is 18.5 Å². The van der Waals surface area contributed by atoms with Gasteiger partial charge in [-0.3, -0.25) is 9.59 Å². The SMILES string of the molecule is CCOC(C)=O.COc1ccc(CN2C(=O)CO[C@H](c3cccc(OC)c3Cl)c3cc(Br)ccc32)c(OC)c1. The lowest BCUT2D eigenvalue weighted by Crippen LogP contribution is -2.32. The van der Waals surface area contributed by atoms with Crippen molar-refractivity contribution < 1.29 is 33.3 Å². The summed E-state index contributed by atoms with van der Waals surface area (Å²) < 4.78 is 27.6. The number of amides is 1. The largest absolute Gasteiger partial charge is 0.497 e. The lowest BCUT2D eigenvalue weighted by molar-refractivity contribution is -0.140. The van der Waals surface area contributed by atoms with E-state index in [1.807, 2.05) is 42.5 Å². The van der Waals surface area contributed by atoms with Crippen molar-refractivity contribution >= 4 is 45.1 Å². The Morgan fingerprint density at radius 2 is 1.77 bits per heavy atom. The second-order valence-corrected chi connectivity index (χ2v) is 9.63. The van der Waals surface area contributed by atoms with Crippen LogP contribution in [-0.2, 0) is 25.6 Å². The predicted molar refractivity (Wildman–Crippen MR) is 153 cm³/mol. The fraction of sp³-hybridized carbons (Fsp3) is 0.310. The van der Waals surface area contributed by atoms with E-state index in [0.717, 1.165) is 26.9 Å². The van der Waals surface area contributed by atoms with E-state index in [1.54, 1.807) is 45.3 Å². The molecule has 0 bridgehead atoms. The lowest BCUT2D eigenvalue weighted by atomic mass is 9.98. The van der Waals surface area contributed by atoms with Crippen molar-refractivity contribution in [2.75, 3.05) is 39.4 Å². The number of anilines is 1. The number of esters is 1. The van der Waals surface area contributed by atoms with Gasteiger partial charge in [0.15, 0.2) is 0 Å². The highest BCUT2D eigenvalue weighted by Gasteiger charge is 2.32. The molecule has 0 radical (unpaired) electrons. The third-order valence-electron chi connectivity index (χ3n) is 5.90. The topological polar surface area (TPSA) is 83.5 Å². The fourth-order valence-corrected chi connectivity index (χ4v) is 4.79. The number of benzene rings is 3. The number of ether oxygens (including phenoxy) is 5. The molecular weight excluding hydrogens is 590 g/mol. The molecule has 1 atom stereocenters. The number of methoxy groups -OCH3 is 3. The number of halogens is 2. The molecule has 0 saturated carbocycles. The molecule has 3 aromatic carbocycles.